The van der Waals surface area contributed by atoms with E-state index in [1.165, 1.54) is 20.3 Å². The number of amides is 1. The van der Waals surface area contributed by atoms with Gasteiger partial charge >= 0.3 is 11.3 Å². The van der Waals surface area contributed by atoms with Crippen molar-refractivity contribution in [2.45, 2.75) is 13.3 Å². The largest absolute Gasteiger partial charge is 0.493 e. The van der Waals surface area contributed by atoms with Gasteiger partial charge in [-0.05, 0) is 48.9 Å². The number of carbonyl (C=O) groups is 1. The maximum atomic E-state index is 12.6. The molecular formula is C23H19NO7. The standard InChI is InChI=1S/C23H19NO7/c1-12-15-6-8-18(28-2)22(29-3)21(15)31-23(27)16(12)11-19(25)24-14-5-7-17-13(10-14)4-9-20(26)30-17/h4-10H,11H2,1-3H3,(H,24,25). The van der Waals surface area contributed by atoms with Crippen LogP contribution in [0.4, 0.5) is 5.69 Å². The fourth-order valence-corrected chi connectivity index (χ4v) is 3.49. The van der Waals surface area contributed by atoms with Gasteiger partial charge in [-0.15, -0.1) is 0 Å². The van der Waals surface area contributed by atoms with E-state index in [4.69, 9.17) is 18.3 Å². The van der Waals surface area contributed by atoms with Crippen molar-refractivity contribution in [3.05, 3.63) is 74.4 Å². The summed E-state index contributed by atoms with van der Waals surface area (Å²) in [5.41, 5.74) is 1.02. The second kappa shape index (κ2) is 7.98. The van der Waals surface area contributed by atoms with E-state index >= 15 is 0 Å². The number of carbonyl (C=O) groups excluding carboxylic acids is 1. The average molecular weight is 421 g/mol. The lowest BCUT2D eigenvalue weighted by molar-refractivity contribution is -0.115. The van der Waals surface area contributed by atoms with Gasteiger partial charge in [0.1, 0.15) is 5.58 Å². The van der Waals surface area contributed by atoms with Crippen LogP contribution >= 0.6 is 0 Å². The number of fused-ring (bicyclic) bond motifs is 2. The number of hydrogen-bond donors (Lipinski definition) is 1. The zero-order valence-electron chi connectivity index (χ0n) is 17.1. The molecule has 0 saturated carbocycles. The molecule has 2 aromatic carbocycles. The van der Waals surface area contributed by atoms with Gasteiger partial charge in [-0.25, -0.2) is 9.59 Å². The number of ether oxygens (including phenoxy) is 2. The zero-order valence-corrected chi connectivity index (χ0v) is 17.1. The van der Waals surface area contributed by atoms with Gasteiger partial charge in [0.25, 0.3) is 0 Å². The highest BCUT2D eigenvalue weighted by atomic mass is 16.5. The third-order valence-electron chi connectivity index (χ3n) is 5.04. The normalized spacial score (nSPS) is 10.9. The van der Waals surface area contributed by atoms with Gasteiger partial charge < -0.3 is 23.6 Å². The van der Waals surface area contributed by atoms with Gasteiger partial charge in [-0.2, -0.15) is 0 Å². The van der Waals surface area contributed by atoms with Gasteiger partial charge in [0, 0.05) is 22.5 Å². The van der Waals surface area contributed by atoms with Crippen molar-refractivity contribution < 1.29 is 23.1 Å². The first-order valence-electron chi connectivity index (χ1n) is 9.42. The summed E-state index contributed by atoms with van der Waals surface area (Å²) >= 11 is 0. The predicted octanol–water partition coefficient (Wildman–Crippen LogP) is 3.41. The Morgan fingerprint density at radius 2 is 1.81 bits per heavy atom. The Labute approximate surface area is 176 Å². The van der Waals surface area contributed by atoms with Crippen molar-refractivity contribution in [1.82, 2.24) is 0 Å². The van der Waals surface area contributed by atoms with Crippen molar-refractivity contribution in [2.24, 2.45) is 0 Å². The molecule has 4 aromatic rings. The summed E-state index contributed by atoms with van der Waals surface area (Å²) in [4.78, 5) is 36.6. The molecule has 8 heteroatoms. The van der Waals surface area contributed by atoms with Crippen molar-refractivity contribution in [3.8, 4) is 11.5 Å². The first-order chi connectivity index (χ1) is 14.9. The molecule has 0 bridgehead atoms. The molecule has 8 nitrogen and oxygen atoms in total. The highest BCUT2D eigenvalue weighted by Crippen LogP contribution is 2.36. The van der Waals surface area contributed by atoms with Crippen LogP contribution in [0.25, 0.3) is 21.9 Å². The molecule has 2 aromatic heterocycles. The lowest BCUT2D eigenvalue weighted by Crippen LogP contribution is -2.20. The van der Waals surface area contributed by atoms with Crippen LogP contribution in [-0.2, 0) is 11.2 Å². The summed E-state index contributed by atoms with van der Waals surface area (Å²) in [6, 6.07) is 11.3. The van der Waals surface area contributed by atoms with Crippen molar-refractivity contribution >= 4 is 33.5 Å². The number of hydrogen-bond acceptors (Lipinski definition) is 7. The molecule has 0 aliphatic heterocycles. The molecule has 1 amide bonds. The van der Waals surface area contributed by atoms with E-state index < -0.39 is 11.3 Å². The summed E-state index contributed by atoms with van der Waals surface area (Å²) in [5.74, 6) is 0.376. The number of anilines is 1. The molecule has 0 unspecified atom stereocenters. The van der Waals surface area contributed by atoms with E-state index in [2.05, 4.69) is 5.32 Å². The first-order valence-corrected chi connectivity index (χ1v) is 9.42. The van der Waals surface area contributed by atoms with E-state index in [0.29, 0.717) is 39.1 Å². The topological polar surface area (TPSA) is 108 Å². The second-order valence-corrected chi connectivity index (χ2v) is 6.90. The SMILES string of the molecule is COc1ccc2c(C)c(CC(=O)Nc3ccc4oc(=O)ccc4c3)c(=O)oc2c1OC. The fourth-order valence-electron chi connectivity index (χ4n) is 3.49. The molecule has 158 valence electrons. The Kier molecular flexibility index (Phi) is 5.21. The summed E-state index contributed by atoms with van der Waals surface area (Å²) in [6.45, 7) is 1.76. The van der Waals surface area contributed by atoms with Crippen molar-refractivity contribution in [3.63, 3.8) is 0 Å². The minimum atomic E-state index is -0.619. The molecule has 0 aliphatic rings. The van der Waals surface area contributed by atoms with Crippen LogP contribution in [0, 0.1) is 6.92 Å². The maximum absolute atomic E-state index is 12.6. The maximum Gasteiger partial charge on any atom is 0.340 e. The van der Waals surface area contributed by atoms with E-state index in [9.17, 15) is 14.4 Å². The summed E-state index contributed by atoms with van der Waals surface area (Å²) in [5, 5.41) is 4.08. The van der Waals surface area contributed by atoms with Crippen LogP contribution < -0.4 is 26.0 Å². The molecule has 0 fully saturated rings. The number of aryl methyl sites for hydroxylation is 1. The van der Waals surface area contributed by atoms with Crippen LogP contribution in [0.5, 0.6) is 11.5 Å². The minimum absolute atomic E-state index is 0.166. The first kappa shape index (κ1) is 20.2. The molecule has 0 spiro atoms. The molecule has 0 aliphatic carbocycles. The van der Waals surface area contributed by atoms with Crippen molar-refractivity contribution in [1.29, 1.82) is 0 Å². The van der Waals surface area contributed by atoms with Gasteiger partial charge in [-0.1, -0.05) is 0 Å². The quantitative estimate of drug-likeness (QED) is 0.492. The molecule has 1 N–H and O–H groups in total. The van der Waals surface area contributed by atoms with Crippen molar-refractivity contribution in [2.75, 3.05) is 19.5 Å². The number of nitrogens with one attached hydrogen (secondary N) is 1. The van der Waals surface area contributed by atoms with Gasteiger partial charge in [0.05, 0.1) is 26.2 Å². The smallest absolute Gasteiger partial charge is 0.340 e. The lowest BCUT2D eigenvalue weighted by Gasteiger charge is -2.13. The number of rotatable bonds is 5. The van der Waals surface area contributed by atoms with Gasteiger partial charge in [-0.3, -0.25) is 4.79 Å². The van der Waals surface area contributed by atoms with Crippen LogP contribution in [0.15, 0.2) is 60.9 Å². The Balaban J connectivity index is 1.65. The van der Waals surface area contributed by atoms with Crippen LogP contribution in [0.2, 0.25) is 0 Å². The molecule has 0 saturated heterocycles. The van der Waals surface area contributed by atoms with Gasteiger partial charge in [0.2, 0.25) is 11.7 Å². The highest BCUT2D eigenvalue weighted by molar-refractivity contribution is 5.96. The number of benzene rings is 2. The molecule has 31 heavy (non-hydrogen) atoms. The Morgan fingerprint density at radius 1 is 1.00 bits per heavy atom. The Bertz CT molecular complexity index is 1430. The predicted molar refractivity (Wildman–Crippen MR) is 115 cm³/mol. The van der Waals surface area contributed by atoms with Gasteiger partial charge in [0.15, 0.2) is 11.3 Å². The van der Waals surface area contributed by atoms with Crippen LogP contribution in [0.1, 0.15) is 11.1 Å². The molecule has 0 atom stereocenters. The van der Waals surface area contributed by atoms with E-state index in [-0.39, 0.29) is 23.5 Å². The highest BCUT2D eigenvalue weighted by Gasteiger charge is 2.19. The summed E-state index contributed by atoms with van der Waals surface area (Å²) < 4.78 is 21.1. The Hall–Kier alpha value is -4.07. The third-order valence-corrected chi connectivity index (χ3v) is 5.04. The van der Waals surface area contributed by atoms with Crippen LogP contribution in [-0.4, -0.2) is 20.1 Å². The Morgan fingerprint density at radius 3 is 2.55 bits per heavy atom. The zero-order chi connectivity index (χ0) is 22.1. The minimum Gasteiger partial charge on any atom is -0.493 e. The molecule has 0 radical (unpaired) electrons. The lowest BCUT2D eigenvalue weighted by atomic mass is 10.0. The molecule has 4 rings (SSSR count). The second-order valence-electron chi connectivity index (χ2n) is 6.90. The van der Waals surface area contributed by atoms with E-state index in [0.717, 1.165) is 0 Å². The number of methoxy groups -OCH3 is 2. The van der Waals surface area contributed by atoms with E-state index in [1.807, 2.05) is 0 Å². The summed E-state index contributed by atoms with van der Waals surface area (Å²) in [7, 11) is 2.95. The molecular weight excluding hydrogens is 402 g/mol. The van der Waals surface area contributed by atoms with Crippen LogP contribution in [0.3, 0.4) is 0 Å². The van der Waals surface area contributed by atoms with E-state index in [1.54, 1.807) is 43.3 Å². The average Bonchev–Trinajstić information content (AvgIpc) is 2.75. The fraction of sp³-hybridized carbons (Fsp3) is 0.174. The molecule has 2 heterocycles. The third kappa shape index (κ3) is 3.75. The monoisotopic (exact) mass is 421 g/mol. The summed E-state index contributed by atoms with van der Waals surface area (Å²) in [6.07, 6.45) is -0.166.